The molecule has 3 rings (SSSR count). The fourth-order valence-corrected chi connectivity index (χ4v) is 3.55. The van der Waals surface area contributed by atoms with E-state index in [0.717, 1.165) is 36.2 Å². The van der Waals surface area contributed by atoms with E-state index in [9.17, 15) is 9.59 Å². The number of imidazole rings is 1. The average molecular weight is 407 g/mol. The van der Waals surface area contributed by atoms with Gasteiger partial charge in [-0.1, -0.05) is 50.6 Å². The maximum absolute atomic E-state index is 12.8. The van der Waals surface area contributed by atoms with Gasteiger partial charge in [0.25, 0.3) is 5.91 Å². The van der Waals surface area contributed by atoms with Crippen LogP contribution in [0.2, 0.25) is 0 Å². The molecule has 1 heterocycles. The summed E-state index contributed by atoms with van der Waals surface area (Å²) < 4.78 is 2.17. The zero-order valence-corrected chi connectivity index (χ0v) is 17.9. The summed E-state index contributed by atoms with van der Waals surface area (Å²) in [7, 11) is 0. The van der Waals surface area contributed by atoms with Crippen LogP contribution >= 0.6 is 0 Å². The third-order valence-corrected chi connectivity index (χ3v) is 5.52. The highest BCUT2D eigenvalue weighted by atomic mass is 16.2. The Morgan fingerprint density at radius 3 is 2.50 bits per heavy atom. The van der Waals surface area contributed by atoms with Gasteiger partial charge in [-0.15, -0.1) is 0 Å². The van der Waals surface area contributed by atoms with Crippen molar-refractivity contribution in [2.75, 3.05) is 6.54 Å². The van der Waals surface area contributed by atoms with E-state index < -0.39 is 6.04 Å². The van der Waals surface area contributed by atoms with Crippen molar-refractivity contribution in [3.05, 3.63) is 66.0 Å². The van der Waals surface area contributed by atoms with E-state index in [0.29, 0.717) is 12.1 Å². The van der Waals surface area contributed by atoms with Gasteiger partial charge in [0.15, 0.2) is 0 Å². The number of carbonyl (C=O) groups excluding carboxylic acids is 2. The SMILES string of the molecule is CCC(C)C(NC(=O)c1ccccc1)C(=O)NCCCn1c(C)nc2ccccc21. The topological polar surface area (TPSA) is 76.0 Å². The summed E-state index contributed by atoms with van der Waals surface area (Å²) in [5, 5.41) is 5.90. The number of hydrogen-bond donors (Lipinski definition) is 2. The molecule has 2 N–H and O–H groups in total. The van der Waals surface area contributed by atoms with Crippen molar-refractivity contribution in [2.45, 2.75) is 46.2 Å². The third kappa shape index (κ3) is 5.06. The lowest BCUT2D eigenvalue weighted by Crippen LogP contribution is -2.50. The van der Waals surface area contributed by atoms with Crippen molar-refractivity contribution in [3.8, 4) is 0 Å². The summed E-state index contributed by atoms with van der Waals surface area (Å²) in [5.74, 6) is 0.644. The molecule has 158 valence electrons. The largest absolute Gasteiger partial charge is 0.354 e. The molecule has 0 aliphatic rings. The summed E-state index contributed by atoms with van der Waals surface area (Å²) in [5.41, 5.74) is 2.65. The molecule has 2 aromatic carbocycles. The standard InChI is InChI=1S/C24H30N4O2/c1-4-17(2)22(27-23(29)19-11-6-5-7-12-19)24(30)25-15-10-16-28-18(3)26-20-13-8-9-14-21(20)28/h5-9,11-14,17,22H,4,10,15-16H2,1-3H3,(H,25,30)(H,27,29). The van der Waals surface area contributed by atoms with E-state index in [1.54, 1.807) is 12.1 Å². The van der Waals surface area contributed by atoms with Crippen LogP contribution in [0.15, 0.2) is 54.6 Å². The first kappa shape index (κ1) is 21.6. The van der Waals surface area contributed by atoms with Crippen molar-refractivity contribution in [3.63, 3.8) is 0 Å². The van der Waals surface area contributed by atoms with E-state index in [1.807, 2.05) is 57.2 Å². The molecule has 0 saturated carbocycles. The monoisotopic (exact) mass is 406 g/mol. The van der Waals surface area contributed by atoms with Gasteiger partial charge in [-0.2, -0.15) is 0 Å². The molecule has 2 amide bonds. The van der Waals surface area contributed by atoms with Crippen molar-refractivity contribution in [1.82, 2.24) is 20.2 Å². The number of aromatic nitrogens is 2. The molecular weight excluding hydrogens is 376 g/mol. The molecule has 0 spiro atoms. The minimum Gasteiger partial charge on any atom is -0.354 e. The van der Waals surface area contributed by atoms with Crippen LogP contribution in [0.5, 0.6) is 0 Å². The quantitative estimate of drug-likeness (QED) is 0.532. The van der Waals surface area contributed by atoms with Crippen molar-refractivity contribution in [1.29, 1.82) is 0 Å². The normalized spacial score (nSPS) is 13.0. The molecule has 0 aliphatic heterocycles. The Bertz CT molecular complexity index is 997. The minimum absolute atomic E-state index is 0.0394. The lowest BCUT2D eigenvalue weighted by atomic mass is 9.97. The molecular formula is C24H30N4O2. The first-order valence-electron chi connectivity index (χ1n) is 10.6. The number of hydrogen-bond acceptors (Lipinski definition) is 3. The number of nitrogens with one attached hydrogen (secondary N) is 2. The zero-order valence-electron chi connectivity index (χ0n) is 17.9. The van der Waals surface area contributed by atoms with E-state index >= 15 is 0 Å². The second-order valence-corrected chi connectivity index (χ2v) is 7.65. The highest BCUT2D eigenvalue weighted by Gasteiger charge is 2.26. The van der Waals surface area contributed by atoms with Gasteiger partial charge in [0.05, 0.1) is 11.0 Å². The second-order valence-electron chi connectivity index (χ2n) is 7.65. The van der Waals surface area contributed by atoms with Crippen LogP contribution < -0.4 is 10.6 Å². The number of rotatable bonds is 9. The van der Waals surface area contributed by atoms with Crippen LogP contribution in [0.4, 0.5) is 0 Å². The minimum atomic E-state index is -0.557. The average Bonchev–Trinajstić information content (AvgIpc) is 3.09. The summed E-state index contributed by atoms with van der Waals surface area (Å²) >= 11 is 0. The van der Waals surface area contributed by atoms with Crippen LogP contribution in [0.3, 0.4) is 0 Å². The van der Waals surface area contributed by atoms with Crippen LogP contribution in [0.1, 0.15) is 42.9 Å². The van der Waals surface area contributed by atoms with Gasteiger partial charge < -0.3 is 15.2 Å². The number of carbonyl (C=O) groups is 2. The fourth-order valence-electron chi connectivity index (χ4n) is 3.55. The number of para-hydroxylation sites is 2. The van der Waals surface area contributed by atoms with E-state index in [4.69, 9.17) is 0 Å². The van der Waals surface area contributed by atoms with Gasteiger partial charge in [0.2, 0.25) is 5.91 Å². The van der Waals surface area contributed by atoms with Crippen LogP contribution in [-0.2, 0) is 11.3 Å². The highest BCUT2D eigenvalue weighted by molar-refractivity contribution is 5.97. The maximum atomic E-state index is 12.8. The molecule has 0 saturated heterocycles. The summed E-state index contributed by atoms with van der Waals surface area (Å²) in [6, 6.07) is 16.5. The third-order valence-electron chi connectivity index (χ3n) is 5.52. The van der Waals surface area contributed by atoms with Crippen molar-refractivity contribution >= 4 is 22.8 Å². The first-order chi connectivity index (χ1) is 14.5. The van der Waals surface area contributed by atoms with Gasteiger partial charge in [-0.25, -0.2) is 4.98 Å². The van der Waals surface area contributed by atoms with Crippen molar-refractivity contribution in [2.24, 2.45) is 5.92 Å². The fraction of sp³-hybridized carbons (Fsp3) is 0.375. The lowest BCUT2D eigenvalue weighted by Gasteiger charge is -2.23. The van der Waals surface area contributed by atoms with Gasteiger partial charge >= 0.3 is 0 Å². The maximum Gasteiger partial charge on any atom is 0.251 e. The molecule has 0 bridgehead atoms. The Morgan fingerprint density at radius 2 is 1.77 bits per heavy atom. The zero-order chi connectivity index (χ0) is 21.5. The molecule has 3 aromatic rings. The van der Waals surface area contributed by atoms with E-state index in [-0.39, 0.29) is 17.7 Å². The summed E-state index contributed by atoms with van der Waals surface area (Å²) in [4.78, 5) is 29.9. The van der Waals surface area contributed by atoms with Gasteiger partial charge in [0.1, 0.15) is 11.9 Å². The number of amides is 2. The number of aryl methyl sites for hydroxylation is 2. The molecule has 6 heteroatoms. The Kier molecular flexibility index (Phi) is 7.22. The van der Waals surface area contributed by atoms with Gasteiger partial charge in [-0.05, 0) is 43.5 Å². The summed E-state index contributed by atoms with van der Waals surface area (Å²) in [6.45, 7) is 7.32. The molecule has 30 heavy (non-hydrogen) atoms. The number of nitrogens with zero attached hydrogens (tertiary/aromatic N) is 2. The van der Waals surface area contributed by atoms with Crippen LogP contribution in [0, 0.1) is 12.8 Å². The van der Waals surface area contributed by atoms with Crippen LogP contribution in [-0.4, -0.2) is 34.0 Å². The molecule has 0 aliphatic carbocycles. The number of benzene rings is 2. The van der Waals surface area contributed by atoms with E-state index in [2.05, 4.69) is 26.3 Å². The van der Waals surface area contributed by atoms with Crippen LogP contribution in [0.25, 0.3) is 11.0 Å². The molecule has 2 unspecified atom stereocenters. The highest BCUT2D eigenvalue weighted by Crippen LogP contribution is 2.15. The Morgan fingerprint density at radius 1 is 1.07 bits per heavy atom. The predicted molar refractivity (Wildman–Crippen MR) is 119 cm³/mol. The molecule has 0 fully saturated rings. The van der Waals surface area contributed by atoms with Crippen molar-refractivity contribution < 1.29 is 9.59 Å². The molecule has 2 atom stereocenters. The van der Waals surface area contributed by atoms with E-state index in [1.165, 1.54) is 0 Å². The second kappa shape index (κ2) is 10.1. The Labute approximate surface area is 177 Å². The van der Waals surface area contributed by atoms with Gasteiger partial charge in [0, 0.05) is 18.7 Å². The first-order valence-corrected chi connectivity index (χ1v) is 10.6. The molecule has 6 nitrogen and oxygen atoms in total. The molecule has 1 aromatic heterocycles. The predicted octanol–water partition coefficient (Wildman–Crippen LogP) is 3.70. The summed E-state index contributed by atoms with van der Waals surface area (Å²) in [6.07, 6.45) is 1.58. The molecule has 0 radical (unpaired) electrons. The Balaban J connectivity index is 1.56. The Hall–Kier alpha value is -3.15. The smallest absolute Gasteiger partial charge is 0.251 e. The number of fused-ring (bicyclic) bond motifs is 1. The lowest BCUT2D eigenvalue weighted by molar-refractivity contribution is -0.124. The van der Waals surface area contributed by atoms with Gasteiger partial charge in [-0.3, -0.25) is 9.59 Å².